The van der Waals surface area contributed by atoms with Gasteiger partial charge in [0.1, 0.15) is 5.76 Å². The van der Waals surface area contributed by atoms with Crippen molar-refractivity contribution in [3.8, 4) is 0 Å². The highest BCUT2D eigenvalue weighted by Crippen LogP contribution is 2.30. The molecule has 2 unspecified atom stereocenters. The molecule has 1 N–H and O–H groups in total. The second-order valence-electron chi connectivity index (χ2n) is 5.73. The Morgan fingerprint density at radius 2 is 2.25 bits per heavy atom. The zero-order valence-electron chi connectivity index (χ0n) is 12.7. The van der Waals surface area contributed by atoms with Crippen LogP contribution >= 0.6 is 15.9 Å². The summed E-state index contributed by atoms with van der Waals surface area (Å²) in [6.45, 7) is 6.57. The van der Waals surface area contributed by atoms with Gasteiger partial charge in [-0.3, -0.25) is 0 Å². The first-order valence-corrected chi connectivity index (χ1v) is 8.27. The van der Waals surface area contributed by atoms with E-state index in [4.69, 9.17) is 4.42 Å². The van der Waals surface area contributed by atoms with Crippen LogP contribution in [0.25, 0.3) is 0 Å². The van der Waals surface area contributed by atoms with Crippen LogP contribution in [-0.4, -0.2) is 56.1 Å². The number of nitrogens with one attached hydrogen (secondary N) is 1. The Kier molecular flexibility index (Phi) is 6.08. The average molecular weight is 344 g/mol. The Balaban J connectivity index is 2.22. The minimum atomic E-state index is 0.227. The maximum atomic E-state index is 5.75. The van der Waals surface area contributed by atoms with Gasteiger partial charge in [-0.25, -0.2) is 0 Å². The van der Waals surface area contributed by atoms with Crippen molar-refractivity contribution in [1.29, 1.82) is 0 Å². The number of furan rings is 1. The van der Waals surface area contributed by atoms with E-state index in [1.54, 1.807) is 6.26 Å². The van der Waals surface area contributed by atoms with Crippen LogP contribution in [0, 0.1) is 0 Å². The Labute approximate surface area is 130 Å². The van der Waals surface area contributed by atoms with E-state index in [0.717, 1.165) is 36.3 Å². The van der Waals surface area contributed by atoms with Crippen molar-refractivity contribution >= 4 is 15.9 Å². The highest BCUT2D eigenvalue weighted by molar-refractivity contribution is 9.10. The molecule has 2 rings (SSSR count). The van der Waals surface area contributed by atoms with Crippen LogP contribution in [0.1, 0.15) is 31.6 Å². The Morgan fingerprint density at radius 3 is 2.90 bits per heavy atom. The van der Waals surface area contributed by atoms with E-state index in [1.165, 1.54) is 13.0 Å². The van der Waals surface area contributed by atoms with Gasteiger partial charge in [-0.1, -0.05) is 6.92 Å². The van der Waals surface area contributed by atoms with E-state index in [0.29, 0.717) is 6.04 Å². The molecule has 114 valence electrons. The topological polar surface area (TPSA) is 31.7 Å². The van der Waals surface area contributed by atoms with Crippen molar-refractivity contribution < 1.29 is 4.42 Å². The van der Waals surface area contributed by atoms with Gasteiger partial charge in [0.05, 0.1) is 16.8 Å². The molecule has 0 spiro atoms. The SMILES string of the molecule is CCCNC(c1occc1Br)C1CN(C)CCCN1C. The predicted octanol–water partition coefficient (Wildman–Crippen LogP) is 2.72. The standard InChI is InChI=1S/C15H26BrN3O/c1-4-7-17-14(15-12(16)6-10-20-15)13-11-18(2)8-5-9-19(13)3/h6,10,13-14,17H,4-5,7-9,11H2,1-3H3. The van der Waals surface area contributed by atoms with E-state index in [-0.39, 0.29) is 6.04 Å². The molecule has 5 heteroatoms. The lowest BCUT2D eigenvalue weighted by atomic mass is 10.0. The molecule has 20 heavy (non-hydrogen) atoms. The number of rotatable bonds is 5. The van der Waals surface area contributed by atoms with Crippen molar-refractivity contribution in [3.63, 3.8) is 0 Å². The van der Waals surface area contributed by atoms with Crippen LogP contribution in [0.2, 0.25) is 0 Å². The number of halogens is 1. The molecular formula is C15H26BrN3O. The summed E-state index contributed by atoms with van der Waals surface area (Å²) in [5.41, 5.74) is 0. The zero-order valence-corrected chi connectivity index (χ0v) is 14.3. The molecule has 1 aliphatic heterocycles. The lowest BCUT2D eigenvalue weighted by Gasteiger charge is -2.34. The first-order chi connectivity index (χ1) is 9.63. The van der Waals surface area contributed by atoms with Gasteiger partial charge in [0, 0.05) is 12.6 Å². The third kappa shape index (κ3) is 3.85. The van der Waals surface area contributed by atoms with Crippen molar-refractivity contribution in [2.45, 2.75) is 31.8 Å². The van der Waals surface area contributed by atoms with Gasteiger partial charge in [-0.05, 0) is 68.6 Å². The highest BCUT2D eigenvalue weighted by Gasteiger charge is 2.32. The molecular weight excluding hydrogens is 318 g/mol. The Hall–Kier alpha value is -0.360. The molecule has 4 nitrogen and oxygen atoms in total. The van der Waals surface area contributed by atoms with Crippen LogP contribution in [0.4, 0.5) is 0 Å². The zero-order chi connectivity index (χ0) is 14.5. The van der Waals surface area contributed by atoms with Gasteiger partial charge in [0.2, 0.25) is 0 Å². The fourth-order valence-electron chi connectivity index (χ4n) is 2.90. The predicted molar refractivity (Wildman–Crippen MR) is 86.0 cm³/mol. The molecule has 0 aromatic carbocycles. The van der Waals surface area contributed by atoms with Gasteiger partial charge in [0.25, 0.3) is 0 Å². The number of hydrogen-bond acceptors (Lipinski definition) is 4. The summed E-state index contributed by atoms with van der Waals surface area (Å²) in [4.78, 5) is 4.89. The second kappa shape index (κ2) is 7.59. The third-order valence-electron chi connectivity index (χ3n) is 4.04. The normalized spacial score (nSPS) is 23.7. The van der Waals surface area contributed by atoms with Crippen LogP contribution in [0.5, 0.6) is 0 Å². The van der Waals surface area contributed by atoms with Gasteiger partial charge in [-0.15, -0.1) is 0 Å². The summed E-state index contributed by atoms with van der Waals surface area (Å²) >= 11 is 3.61. The summed E-state index contributed by atoms with van der Waals surface area (Å²) in [6.07, 6.45) is 4.12. The summed E-state index contributed by atoms with van der Waals surface area (Å²) in [6, 6.07) is 2.64. The molecule has 1 saturated heterocycles. The third-order valence-corrected chi connectivity index (χ3v) is 4.70. The quantitative estimate of drug-likeness (QED) is 0.890. The molecule has 0 saturated carbocycles. The minimum absolute atomic E-state index is 0.227. The lowest BCUT2D eigenvalue weighted by Crippen LogP contribution is -2.47. The first-order valence-electron chi connectivity index (χ1n) is 7.48. The molecule has 1 fully saturated rings. The van der Waals surface area contributed by atoms with Gasteiger partial charge in [0.15, 0.2) is 0 Å². The van der Waals surface area contributed by atoms with Crippen LogP contribution < -0.4 is 5.32 Å². The van der Waals surface area contributed by atoms with E-state index in [2.05, 4.69) is 52.1 Å². The van der Waals surface area contributed by atoms with Crippen LogP contribution in [-0.2, 0) is 0 Å². The van der Waals surface area contributed by atoms with Crippen molar-refractivity contribution in [1.82, 2.24) is 15.1 Å². The van der Waals surface area contributed by atoms with Crippen LogP contribution in [0.3, 0.4) is 0 Å². The van der Waals surface area contributed by atoms with Crippen molar-refractivity contribution in [2.24, 2.45) is 0 Å². The Bertz CT molecular complexity index is 410. The van der Waals surface area contributed by atoms with Crippen molar-refractivity contribution in [2.75, 3.05) is 40.3 Å². The number of likely N-dealkylation sites (N-methyl/N-ethyl adjacent to an activating group) is 2. The smallest absolute Gasteiger partial charge is 0.136 e. The van der Waals surface area contributed by atoms with Gasteiger partial charge >= 0.3 is 0 Å². The largest absolute Gasteiger partial charge is 0.466 e. The van der Waals surface area contributed by atoms with Gasteiger partial charge < -0.3 is 19.5 Å². The molecule has 0 bridgehead atoms. The highest BCUT2D eigenvalue weighted by atomic mass is 79.9. The molecule has 0 aliphatic carbocycles. The number of hydrogen-bond donors (Lipinski definition) is 1. The molecule has 1 aliphatic rings. The fraction of sp³-hybridized carbons (Fsp3) is 0.733. The fourth-order valence-corrected chi connectivity index (χ4v) is 3.34. The molecule has 0 radical (unpaired) electrons. The maximum absolute atomic E-state index is 5.75. The summed E-state index contributed by atoms with van der Waals surface area (Å²) in [5, 5.41) is 3.67. The minimum Gasteiger partial charge on any atom is -0.466 e. The molecule has 1 aromatic heterocycles. The monoisotopic (exact) mass is 343 g/mol. The van der Waals surface area contributed by atoms with Crippen LogP contribution in [0.15, 0.2) is 21.2 Å². The molecule has 0 amide bonds. The summed E-state index contributed by atoms with van der Waals surface area (Å²) < 4.78 is 6.81. The van der Waals surface area contributed by atoms with Crippen molar-refractivity contribution in [3.05, 3.63) is 22.6 Å². The summed E-state index contributed by atoms with van der Waals surface area (Å²) in [5.74, 6) is 1.02. The van der Waals surface area contributed by atoms with Gasteiger partial charge in [-0.2, -0.15) is 0 Å². The second-order valence-corrected chi connectivity index (χ2v) is 6.58. The summed E-state index contributed by atoms with van der Waals surface area (Å²) in [7, 11) is 4.43. The average Bonchev–Trinajstić information content (AvgIpc) is 2.76. The number of nitrogens with zero attached hydrogens (tertiary/aromatic N) is 2. The first kappa shape index (κ1) is 16.0. The lowest BCUT2D eigenvalue weighted by molar-refractivity contribution is 0.165. The maximum Gasteiger partial charge on any atom is 0.136 e. The van der Waals surface area contributed by atoms with E-state index in [1.807, 2.05) is 6.07 Å². The molecule has 2 heterocycles. The van der Waals surface area contributed by atoms with E-state index < -0.39 is 0 Å². The molecule has 1 aromatic rings. The molecule has 2 atom stereocenters. The Morgan fingerprint density at radius 1 is 1.45 bits per heavy atom. The van der Waals surface area contributed by atoms with E-state index in [9.17, 15) is 0 Å². The van der Waals surface area contributed by atoms with E-state index >= 15 is 0 Å².